The second kappa shape index (κ2) is 11.2. The molecule has 0 radical (unpaired) electrons. The molecule has 0 saturated heterocycles. The van der Waals surface area contributed by atoms with E-state index in [9.17, 15) is 14.7 Å². The zero-order valence-corrected chi connectivity index (χ0v) is 21.5. The Morgan fingerprint density at radius 3 is 2.59 bits per heavy atom. The minimum atomic E-state index is -1.14. The normalized spacial score (nSPS) is 11.0. The van der Waals surface area contributed by atoms with Gasteiger partial charge in [0.25, 0.3) is 0 Å². The molecule has 5 rings (SSSR count). The van der Waals surface area contributed by atoms with Crippen LogP contribution in [0.4, 0.5) is 10.5 Å². The third-order valence-corrected chi connectivity index (χ3v) is 6.43. The molecule has 5 aromatic rings. The van der Waals surface area contributed by atoms with Crippen molar-refractivity contribution in [1.82, 2.24) is 9.97 Å². The predicted octanol–water partition coefficient (Wildman–Crippen LogP) is 6.16. The summed E-state index contributed by atoms with van der Waals surface area (Å²) < 4.78 is 16.2. The highest BCUT2D eigenvalue weighted by molar-refractivity contribution is 6.18. The van der Waals surface area contributed by atoms with Crippen LogP contribution in [0, 0.1) is 6.92 Å². The molecule has 2 aromatic heterocycles. The fourth-order valence-corrected chi connectivity index (χ4v) is 4.52. The van der Waals surface area contributed by atoms with E-state index in [1.54, 1.807) is 19.4 Å². The summed E-state index contributed by atoms with van der Waals surface area (Å²) >= 11 is 0. The lowest BCUT2D eigenvalue weighted by Gasteiger charge is -2.14. The van der Waals surface area contributed by atoms with Gasteiger partial charge in [-0.1, -0.05) is 42.5 Å². The fraction of sp³-hybridized carbons (Fsp3) is 0.167. The van der Waals surface area contributed by atoms with Gasteiger partial charge < -0.3 is 24.3 Å². The third kappa shape index (κ3) is 5.39. The van der Waals surface area contributed by atoms with E-state index < -0.39 is 12.1 Å². The number of hydrogen-bond acceptors (Lipinski definition) is 6. The van der Waals surface area contributed by atoms with Crippen molar-refractivity contribution >= 4 is 39.6 Å². The van der Waals surface area contributed by atoms with E-state index in [0.29, 0.717) is 41.1 Å². The third-order valence-electron chi connectivity index (χ3n) is 6.43. The van der Waals surface area contributed by atoms with Crippen LogP contribution < -0.4 is 10.1 Å². The van der Waals surface area contributed by atoms with Crippen molar-refractivity contribution in [3.63, 3.8) is 0 Å². The number of methoxy groups -OCH3 is 1. The number of H-pyrrole nitrogens is 1. The molecule has 0 unspecified atom stereocenters. The average molecular weight is 526 g/mol. The number of anilines is 1. The summed E-state index contributed by atoms with van der Waals surface area (Å²) in [6.07, 6.45) is 0.985. The van der Waals surface area contributed by atoms with Gasteiger partial charge in [0, 0.05) is 41.4 Å². The lowest BCUT2D eigenvalue weighted by molar-refractivity contribution is 0.0692. The maximum absolute atomic E-state index is 12.5. The number of nitrogens with one attached hydrogen (secondary N) is 2. The van der Waals surface area contributed by atoms with Crippen LogP contribution in [-0.4, -0.2) is 47.5 Å². The van der Waals surface area contributed by atoms with E-state index in [1.165, 1.54) is 0 Å². The zero-order chi connectivity index (χ0) is 27.4. The van der Waals surface area contributed by atoms with Crippen LogP contribution in [0.3, 0.4) is 0 Å². The van der Waals surface area contributed by atoms with Crippen LogP contribution in [0.5, 0.6) is 5.75 Å². The molecule has 0 saturated carbocycles. The molecule has 0 fully saturated rings. The first-order valence-corrected chi connectivity index (χ1v) is 12.3. The summed E-state index contributed by atoms with van der Waals surface area (Å²) in [6, 6.07) is 20.5. The molecular weight excluding hydrogens is 498 g/mol. The minimum Gasteiger partial charge on any atom is -0.491 e. The SMILES string of the molecule is COCCOc1ccc2c(c1)[nH]c1c(C(=O)O)ncc(-c3cccc(NC(=O)OCc4ccccc4)c3C)c12. The Bertz CT molecular complexity index is 1660. The van der Waals surface area contributed by atoms with Crippen molar-refractivity contribution in [2.75, 3.05) is 25.6 Å². The molecular formula is C30H27N3O6. The van der Waals surface area contributed by atoms with Crippen molar-refractivity contribution in [2.45, 2.75) is 13.5 Å². The highest BCUT2D eigenvalue weighted by Gasteiger charge is 2.21. The molecule has 0 aliphatic rings. The van der Waals surface area contributed by atoms with E-state index in [4.69, 9.17) is 14.2 Å². The number of carbonyl (C=O) groups is 2. The molecule has 0 atom stereocenters. The van der Waals surface area contributed by atoms with Crippen LogP contribution in [0.2, 0.25) is 0 Å². The fourth-order valence-electron chi connectivity index (χ4n) is 4.52. The number of carboxylic acids is 1. The smallest absolute Gasteiger partial charge is 0.411 e. The van der Waals surface area contributed by atoms with Crippen LogP contribution in [0.15, 0.2) is 72.9 Å². The second-order valence-electron chi connectivity index (χ2n) is 8.91. The molecule has 2 heterocycles. The highest BCUT2D eigenvalue weighted by atomic mass is 16.5. The van der Waals surface area contributed by atoms with E-state index >= 15 is 0 Å². The number of carbonyl (C=O) groups excluding carboxylic acids is 1. The maximum Gasteiger partial charge on any atom is 0.411 e. The standard InChI is InChI=1S/C30H27N3O6/c1-18-21(9-6-10-24(18)33-30(36)39-17-19-7-4-3-5-8-19)23-16-31-28(29(34)35)27-26(23)22-12-11-20(15-25(22)32-27)38-14-13-37-2/h3-12,15-16,32H,13-14,17H2,1-2H3,(H,33,36)(H,34,35). The van der Waals surface area contributed by atoms with E-state index in [1.807, 2.05) is 67.6 Å². The van der Waals surface area contributed by atoms with Gasteiger partial charge in [-0.2, -0.15) is 0 Å². The van der Waals surface area contributed by atoms with Gasteiger partial charge in [-0.15, -0.1) is 0 Å². The number of nitrogens with zero attached hydrogens (tertiary/aromatic N) is 1. The monoisotopic (exact) mass is 525 g/mol. The molecule has 9 nitrogen and oxygen atoms in total. The van der Waals surface area contributed by atoms with Crippen molar-refractivity contribution < 1.29 is 28.9 Å². The Labute approximate surface area is 224 Å². The van der Waals surface area contributed by atoms with E-state index in [-0.39, 0.29) is 12.3 Å². The van der Waals surface area contributed by atoms with Crippen LogP contribution in [0.1, 0.15) is 21.6 Å². The lowest BCUT2D eigenvalue weighted by Crippen LogP contribution is -2.14. The Morgan fingerprint density at radius 2 is 1.82 bits per heavy atom. The van der Waals surface area contributed by atoms with Crippen LogP contribution in [-0.2, 0) is 16.1 Å². The summed E-state index contributed by atoms with van der Waals surface area (Å²) in [5, 5.41) is 14.2. The second-order valence-corrected chi connectivity index (χ2v) is 8.91. The molecule has 0 aliphatic heterocycles. The number of pyridine rings is 1. The number of aromatic carboxylic acids is 1. The van der Waals surface area contributed by atoms with Crippen LogP contribution >= 0.6 is 0 Å². The van der Waals surface area contributed by atoms with Gasteiger partial charge >= 0.3 is 12.1 Å². The largest absolute Gasteiger partial charge is 0.491 e. The quantitative estimate of drug-likeness (QED) is 0.197. The van der Waals surface area contributed by atoms with Gasteiger partial charge in [-0.25, -0.2) is 14.6 Å². The van der Waals surface area contributed by atoms with Gasteiger partial charge in [0.15, 0.2) is 5.69 Å². The topological polar surface area (TPSA) is 123 Å². The van der Waals surface area contributed by atoms with E-state index in [0.717, 1.165) is 27.6 Å². The van der Waals surface area contributed by atoms with E-state index in [2.05, 4.69) is 15.3 Å². The molecule has 0 bridgehead atoms. The molecule has 3 N–H and O–H groups in total. The van der Waals surface area contributed by atoms with Gasteiger partial charge in [0.05, 0.1) is 17.6 Å². The first kappa shape index (κ1) is 25.7. The average Bonchev–Trinajstić information content (AvgIpc) is 3.32. The van der Waals surface area contributed by atoms with Crippen LogP contribution in [0.25, 0.3) is 32.9 Å². The Kier molecular flexibility index (Phi) is 7.42. The first-order chi connectivity index (χ1) is 19.0. The molecule has 0 spiro atoms. The number of aromatic nitrogens is 2. The van der Waals surface area contributed by atoms with Crippen molar-refractivity contribution in [3.05, 3.63) is 89.7 Å². The number of aromatic amines is 1. The number of hydrogen-bond donors (Lipinski definition) is 3. The Morgan fingerprint density at radius 1 is 1.00 bits per heavy atom. The number of rotatable bonds is 9. The number of carboxylic acid groups (broad SMARTS) is 1. The minimum absolute atomic E-state index is 0.0803. The van der Waals surface area contributed by atoms with Crippen molar-refractivity contribution in [1.29, 1.82) is 0 Å². The summed E-state index contributed by atoms with van der Waals surface area (Å²) in [4.78, 5) is 32.0. The predicted molar refractivity (Wildman–Crippen MR) is 148 cm³/mol. The first-order valence-electron chi connectivity index (χ1n) is 12.3. The maximum atomic E-state index is 12.5. The molecule has 39 heavy (non-hydrogen) atoms. The van der Waals surface area contributed by atoms with Gasteiger partial charge in [0.1, 0.15) is 19.0 Å². The Hall–Kier alpha value is -4.89. The van der Waals surface area contributed by atoms with Gasteiger partial charge in [0.2, 0.25) is 0 Å². The summed E-state index contributed by atoms with van der Waals surface area (Å²) in [6.45, 7) is 2.88. The molecule has 0 aliphatic carbocycles. The summed E-state index contributed by atoms with van der Waals surface area (Å²) in [5.41, 5.74) is 4.82. The summed E-state index contributed by atoms with van der Waals surface area (Å²) in [5.74, 6) is -0.503. The zero-order valence-electron chi connectivity index (χ0n) is 21.5. The number of amides is 1. The highest BCUT2D eigenvalue weighted by Crippen LogP contribution is 2.39. The number of fused-ring (bicyclic) bond motifs is 3. The lowest BCUT2D eigenvalue weighted by atomic mass is 9.96. The van der Waals surface area contributed by atoms with Gasteiger partial charge in [-0.3, -0.25) is 5.32 Å². The van der Waals surface area contributed by atoms with Gasteiger partial charge in [-0.05, 0) is 41.8 Å². The molecule has 9 heteroatoms. The Balaban J connectivity index is 1.52. The summed E-state index contributed by atoms with van der Waals surface area (Å²) in [7, 11) is 1.60. The molecule has 3 aromatic carbocycles. The van der Waals surface area contributed by atoms with Crippen molar-refractivity contribution in [3.8, 4) is 16.9 Å². The number of ether oxygens (including phenoxy) is 3. The number of benzene rings is 3. The molecule has 1 amide bonds. The molecule has 198 valence electrons. The van der Waals surface area contributed by atoms with Crippen molar-refractivity contribution in [2.24, 2.45) is 0 Å².